The summed E-state index contributed by atoms with van der Waals surface area (Å²) in [5.74, 6) is -2.79. The number of carboxylic acid groups (broad SMARTS) is 2. The predicted molar refractivity (Wildman–Crippen MR) is 81.5 cm³/mol. The van der Waals surface area contributed by atoms with Crippen LogP contribution in [-0.2, 0) is 16.1 Å². The number of aliphatic carboxylic acids is 2. The molecule has 2 rings (SSSR count). The Balaban J connectivity index is 0.000000346. The van der Waals surface area contributed by atoms with Crippen LogP contribution in [0.5, 0.6) is 0 Å². The van der Waals surface area contributed by atoms with Crippen LogP contribution in [0.1, 0.15) is 25.7 Å². The van der Waals surface area contributed by atoms with E-state index in [1.54, 1.807) is 0 Å². The molecule has 1 aromatic rings. The predicted octanol–water partition coefficient (Wildman–Crippen LogP) is 1.37. The molecule has 0 bridgehead atoms. The van der Waals surface area contributed by atoms with Crippen molar-refractivity contribution in [2.75, 3.05) is 13.1 Å². The lowest BCUT2D eigenvalue weighted by Gasteiger charge is -2.18. The van der Waals surface area contributed by atoms with Crippen LogP contribution < -0.4 is 5.32 Å². The molecule has 1 atom stereocenters. The highest BCUT2D eigenvalue weighted by Crippen LogP contribution is 2.16. The maximum atomic E-state index is 9.10. The lowest BCUT2D eigenvalue weighted by Crippen LogP contribution is -2.25. The number of allylic oxidation sites excluding steroid dienone is 2. The molecule has 0 radical (unpaired) electrons. The van der Waals surface area contributed by atoms with Crippen LogP contribution in [0.2, 0.25) is 0 Å². The molecule has 122 valence electrons. The Bertz CT molecular complexity index is 459. The van der Waals surface area contributed by atoms with Crippen LogP contribution in [0.25, 0.3) is 0 Å². The van der Waals surface area contributed by atoms with Crippen LogP contribution in [0.4, 0.5) is 0 Å². The second-order valence-corrected chi connectivity index (χ2v) is 5.12. The standard InChI is InChI=1S/C13H21N3.C2H2O4/c1-2-5-13(6-3-1)11-14-7-4-9-16-10-8-15-12-16;3-1(4)2(5)6/h1-2,8,10,12-14H,3-7,9,11H2;(H,3,4)(H,5,6). The fourth-order valence-electron chi connectivity index (χ4n) is 2.15. The number of rotatable bonds is 6. The summed E-state index contributed by atoms with van der Waals surface area (Å²) in [5, 5.41) is 18.3. The van der Waals surface area contributed by atoms with Gasteiger partial charge < -0.3 is 20.1 Å². The van der Waals surface area contributed by atoms with Gasteiger partial charge in [0.15, 0.2) is 0 Å². The zero-order valence-corrected chi connectivity index (χ0v) is 12.5. The Labute approximate surface area is 129 Å². The topological polar surface area (TPSA) is 104 Å². The van der Waals surface area contributed by atoms with Gasteiger partial charge in [-0.3, -0.25) is 0 Å². The molecule has 0 aliphatic heterocycles. The Kier molecular flexibility index (Phi) is 8.59. The molecule has 3 N–H and O–H groups in total. The van der Waals surface area contributed by atoms with Crippen molar-refractivity contribution in [3.8, 4) is 0 Å². The molecule has 1 unspecified atom stereocenters. The van der Waals surface area contributed by atoms with Crippen molar-refractivity contribution >= 4 is 11.9 Å². The highest BCUT2D eigenvalue weighted by Gasteiger charge is 2.08. The number of carbonyl (C=O) groups is 2. The van der Waals surface area contributed by atoms with Gasteiger partial charge in [-0.2, -0.15) is 0 Å². The average molecular weight is 309 g/mol. The minimum Gasteiger partial charge on any atom is -0.473 e. The second-order valence-electron chi connectivity index (χ2n) is 5.12. The molecule has 0 amide bonds. The number of aromatic nitrogens is 2. The molecule has 0 saturated carbocycles. The van der Waals surface area contributed by atoms with Gasteiger partial charge in [0.25, 0.3) is 0 Å². The molecule has 0 aromatic carbocycles. The van der Waals surface area contributed by atoms with Crippen molar-refractivity contribution in [2.45, 2.75) is 32.2 Å². The zero-order chi connectivity index (χ0) is 16.2. The van der Waals surface area contributed by atoms with E-state index in [-0.39, 0.29) is 0 Å². The quantitative estimate of drug-likeness (QED) is 0.416. The minimum atomic E-state index is -1.82. The van der Waals surface area contributed by atoms with Crippen molar-refractivity contribution < 1.29 is 19.8 Å². The van der Waals surface area contributed by atoms with Crippen LogP contribution in [0.3, 0.4) is 0 Å². The Morgan fingerprint density at radius 1 is 1.27 bits per heavy atom. The summed E-state index contributed by atoms with van der Waals surface area (Å²) in [5.41, 5.74) is 0. The van der Waals surface area contributed by atoms with Gasteiger partial charge in [0.2, 0.25) is 0 Å². The van der Waals surface area contributed by atoms with Gasteiger partial charge in [0.1, 0.15) is 0 Å². The summed E-state index contributed by atoms with van der Waals surface area (Å²) in [4.78, 5) is 22.2. The van der Waals surface area contributed by atoms with Crippen molar-refractivity contribution in [2.24, 2.45) is 5.92 Å². The van der Waals surface area contributed by atoms with Crippen molar-refractivity contribution in [3.05, 3.63) is 30.9 Å². The molecular formula is C15H23N3O4. The van der Waals surface area contributed by atoms with E-state index in [1.165, 1.54) is 32.2 Å². The van der Waals surface area contributed by atoms with Gasteiger partial charge in [-0.1, -0.05) is 12.2 Å². The smallest absolute Gasteiger partial charge is 0.414 e. The lowest BCUT2D eigenvalue weighted by atomic mass is 9.94. The Hall–Kier alpha value is -2.15. The summed E-state index contributed by atoms with van der Waals surface area (Å²) in [7, 11) is 0. The first-order valence-corrected chi connectivity index (χ1v) is 7.37. The maximum Gasteiger partial charge on any atom is 0.414 e. The third-order valence-electron chi connectivity index (χ3n) is 3.32. The minimum absolute atomic E-state index is 0.859. The first-order chi connectivity index (χ1) is 10.6. The van der Waals surface area contributed by atoms with E-state index >= 15 is 0 Å². The summed E-state index contributed by atoms with van der Waals surface area (Å²) < 4.78 is 2.13. The van der Waals surface area contributed by atoms with Gasteiger partial charge in [-0.15, -0.1) is 0 Å². The van der Waals surface area contributed by atoms with E-state index in [4.69, 9.17) is 19.8 Å². The number of nitrogens with zero attached hydrogens (tertiary/aromatic N) is 2. The number of carboxylic acids is 2. The molecular weight excluding hydrogens is 286 g/mol. The van der Waals surface area contributed by atoms with Crippen LogP contribution in [0.15, 0.2) is 30.9 Å². The monoisotopic (exact) mass is 309 g/mol. The summed E-state index contributed by atoms with van der Waals surface area (Å²) in [6, 6.07) is 0. The average Bonchev–Trinajstić information content (AvgIpc) is 3.02. The third-order valence-corrected chi connectivity index (χ3v) is 3.32. The van der Waals surface area contributed by atoms with Gasteiger partial charge >= 0.3 is 11.9 Å². The van der Waals surface area contributed by atoms with Gasteiger partial charge in [-0.25, -0.2) is 14.6 Å². The molecule has 7 nitrogen and oxygen atoms in total. The number of hydrogen-bond acceptors (Lipinski definition) is 4. The number of nitrogens with one attached hydrogen (secondary N) is 1. The molecule has 1 aliphatic carbocycles. The van der Waals surface area contributed by atoms with E-state index in [1.807, 2.05) is 18.7 Å². The molecule has 0 fully saturated rings. The lowest BCUT2D eigenvalue weighted by molar-refractivity contribution is -0.159. The van der Waals surface area contributed by atoms with E-state index in [2.05, 4.69) is 27.0 Å². The van der Waals surface area contributed by atoms with Crippen LogP contribution in [-0.4, -0.2) is 44.8 Å². The maximum absolute atomic E-state index is 9.10. The van der Waals surface area contributed by atoms with Crippen molar-refractivity contribution in [3.63, 3.8) is 0 Å². The molecule has 0 saturated heterocycles. The summed E-state index contributed by atoms with van der Waals surface area (Å²) in [6.07, 6.45) is 15.4. The highest BCUT2D eigenvalue weighted by molar-refractivity contribution is 6.27. The molecule has 0 spiro atoms. The fourth-order valence-corrected chi connectivity index (χ4v) is 2.15. The number of aryl methyl sites for hydroxylation is 1. The van der Waals surface area contributed by atoms with E-state index in [9.17, 15) is 0 Å². The first kappa shape index (κ1) is 17.9. The second kappa shape index (κ2) is 10.6. The number of imidazole rings is 1. The summed E-state index contributed by atoms with van der Waals surface area (Å²) in [6.45, 7) is 3.35. The summed E-state index contributed by atoms with van der Waals surface area (Å²) >= 11 is 0. The largest absolute Gasteiger partial charge is 0.473 e. The van der Waals surface area contributed by atoms with Crippen molar-refractivity contribution in [1.82, 2.24) is 14.9 Å². The molecule has 1 aliphatic rings. The van der Waals surface area contributed by atoms with Gasteiger partial charge in [0.05, 0.1) is 6.33 Å². The highest BCUT2D eigenvalue weighted by atomic mass is 16.4. The van der Waals surface area contributed by atoms with Crippen LogP contribution >= 0.6 is 0 Å². The van der Waals surface area contributed by atoms with E-state index in [0.717, 1.165) is 19.0 Å². The Morgan fingerprint density at radius 2 is 2.05 bits per heavy atom. The normalized spacial score (nSPS) is 16.6. The SMILES string of the molecule is C1=CCC(CNCCCn2ccnc2)CC1.O=C(O)C(=O)O. The molecule has 22 heavy (non-hydrogen) atoms. The van der Waals surface area contributed by atoms with Gasteiger partial charge in [0, 0.05) is 18.9 Å². The molecule has 1 aromatic heterocycles. The zero-order valence-electron chi connectivity index (χ0n) is 12.5. The van der Waals surface area contributed by atoms with Crippen LogP contribution in [0, 0.1) is 5.92 Å². The van der Waals surface area contributed by atoms with E-state index in [0.29, 0.717) is 0 Å². The van der Waals surface area contributed by atoms with Crippen molar-refractivity contribution in [1.29, 1.82) is 0 Å². The first-order valence-electron chi connectivity index (χ1n) is 7.37. The van der Waals surface area contributed by atoms with Gasteiger partial charge in [-0.05, 0) is 44.7 Å². The third kappa shape index (κ3) is 8.21. The molecule has 1 heterocycles. The fraction of sp³-hybridized carbons (Fsp3) is 0.533. The van der Waals surface area contributed by atoms with E-state index < -0.39 is 11.9 Å². The molecule has 7 heteroatoms. The number of hydrogen-bond donors (Lipinski definition) is 3. The Morgan fingerprint density at radius 3 is 2.59 bits per heavy atom.